The summed E-state index contributed by atoms with van der Waals surface area (Å²) in [6.45, 7) is 4.61. The molecule has 0 heterocycles. The lowest BCUT2D eigenvalue weighted by Gasteiger charge is -2.29. The molecule has 70 valence electrons. The lowest BCUT2D eigenvalue weighted by atomic mass is 9.76. The average molecular weight is 174 g/mol. The van der Waals surface area contributed by atoms with Gasteiger partial charge in [-0.05, 0) is 30.8 Å². The lowest BCUT2D eigenvalue weighted by molar-refractivity contribution is 0.529. The van der Waals surface area contributed by atoms with Crippen LogP contribution in [0.25, 0.3) is 0 Å². The largest absolute Gasteiger partial charge is 0.0807 e. The van der Waals surface area contributed by atoms with Gasteiger partial charge in [-0.15, -0.1) is 0 Å². The van der Waals surface area contributed by atoms with E-state index in [2.05, 4.69) is 38.2 Å². The predicted octanol–water partition coefficient (Wildman–Crippen LogP) is 3.87. The van der Waals surface area contributed by atoms with E-state index >= 15 is 0 Å². The van der Waals surface area contributed by atoms with E-state index in [-0.39, 0.29) is 0 Å². The maximum absolute atomic E-state index is 2.42. The minimum Gasteiger partial charge on any atom is -0.0807 e. The average Bonchev–Trinajstić information content (AvgIpc) is 2.17. The van der Waals surface area contributed by atoms with Crippen LogP contribution in [-0.4, -0.2) is 0 Å². The molecule has 0 bridgehead atoms. The fraction of sp³-hybridized carbons (Fsp3) is 0.538. The van der Waals surface area contributed by atoms with Gasteiger partial charge in [-0.1, -0.05) is 43.7 Å². The Hall–Kier alpha value is -0.780. The second-order valence-corrected chi connectivity index (χ2v) is 4.37. The standard InChI is InChI=1S/C13H18/c1-10(2)12-9-5-7-11-6-3-4-8-13(11)12/h5-7,9-10,13H,3-4,8H2,1-2H3. The zero-order valence-corrected chi connectivity index (χ0v) is 8.59. The summed E-state index contributed by atoms with van der Waals surface area (Å²) < 4.78 is 0. The molecule has 0 aromatic heterocycles. The zero-order chi connectivity index (χ0) is 9.26. The quantitative estimate of drug-likeness (QED) is 0.566. The van der Waals surface area contributed by atoms with E-state index < -0.39 is 0 Å². The molecule has 1 unspecified atom stereocenters. The molecule has 0 aromatic rings. The van der Waals surface area contributed by atoms with Crippen molar-refractivity contribution in [2.45, 2.75) is 33.1 Å². The summed E-state index contributed by atoms with van der Waals surface area (Å²) in [4.78, 5) is 0. The SMILES string of the molecule is CC(C)C1=CC=CC2=CCCCC21. The number of hydrogen-bond donors (Lipinski definition) is 0. The van der Waals surface area contributed by atoms with Gasteiger partial charge in [-0.3, -0.25) is 0 Å². The number of fused-ring (bicyclic) bond motifs is 1. The van der Waals surface area contributed by atoms with Crippen molar-refractivity contribution in [1.82, 2.24) is 0 Å². The molecule has 13 heavy (non-hydrogen) atoms. The molecule has 0 aromatic carbocycles. The van der Waals surface area contributed by atoms with Gasteiger partial charge in [0.2, 0.25) is 0 Å². The van der Waals surface area contributed by atoms with Crippen molar-refractivity contribution < 1.29 is 0 Å². The smallest absolute Gasteiger partial charge is 0.00508 e. The number of rotatable bonds is 1. The highest BCUT2D eigenvalue weighted by Crippen LogP contribution is 2.37. The molecule has 0 aliphatic heterocycles. The van der Waals surface area contributed by atoms with Crippen LogP contribution in [0.5, 0.6) is 0 Å². The summed E-state index contributed by atoms with van der Waals surface area (Å²) >= 11 is 0. The van der Waals surface area contributed by atoms with Gasteiger partial charge in [-0.2, -0.15) is 0 Å². The maximum Gasteiger partial charge on any atom is 0.00508 e. The van der Waals surface area contributed by atoms with Crippen molar-refractivity contribution in [2.24, 2.45) is 11.8 Å². The fourth-order valence-electron chi connectivity index (χ4n) is 2.42. The molecule has 0 saturated carbocycles. The van der Waals surface area contributed by atoms with Gasteiger partial charge < -0.3 is 0 Å². The van der Waals surface area contributed by atoms with E-state index in [0.29, 0.717) is 5.92 Å². The molecular formula is C13H18. The van der Waals surface area contributed by atoms with Crippen molar-refractivity contribution in [3.05, 3.63) is 35.5 Å². The third-order valence-electron chi connectivity index (χ3n) is 3.13. The van der Waals surface area contributed by atoms with Gasteiger partial charge in [0.05, 0.1) is 0 Å². The van der Waals surface area contributed by atoms with Crippen LogP contribution >= 0.6 is 0 Å². The van der Waals surface area contributed by atoms with Crippen LogP contribution in [0.2, 0.25) is 0 Å². The minimum absolute atomic E-state index is 0.705. The van der Waals surface area contributed by atoms with Crippen LogP contribution in [0.15, 0.2) is 35.5 Å². The van der Waals surface area contributed by atoms with E-state index in [1.165, 1.54) is 19.3 Å². The topological polar surface area (TPSA) is 0 Å². The van der Waals surface area contributed by atoms with Crippen LogP contribution < -0.4 is 0 Å². The third-order valence-corrected chi connectivity index (χ3v) is 3.13. The van der Waals surface area contributed by atoms with Crippen LogP contribution in [0, 0.1) is 11.8 Å². The predicted molar refractivity (Wildman–Crippen MR) is 57.5 cm³/mol. The molecule has 0 spiro atoms. The Bertz CT molecular complexity index is 276. The first-order valence-electron chi connectivity index (χ1n) is 5.37. The van der Waals surface area contributed by atoms with E-state index in [0.717, 1.165) is 5.92 Å². The number of allylic oxidation sites excluding steroid dienone is 6. The molecular weight excluding hydrogens is 156 g/mol. The van der Waals surface area contributed by atoms with Gasteiger partial charge in [0, 0.05) is 5.92 Å². The normalized spacial score (nSPS) is 26.8. The second-order valence-electron chi connectivity index (χ2n) is 4.37. The Labute approximate surface area is 81.0 Å². The molecule has 2 aliphatic rings. The van der Waals surface area contributed by atoms with Gasteiger partial charge in [-0.25, -0.2) is 0 Å². The highest BCUT2D eigenvalue weighted by molar-refractivity contribution is 5.39. The van der Waals surface area contributed by atoms with Crippen molar-refractivity contribution in [3.8, 4) is 0 Å². The summed E-state index contributed by atoms with van der Waals surface area (Å²) in [5, 5.41) is 0. The molecule has 0 nitrogen and oxygen atoms in total. The molecule has 1 atom stereocenters. The van der Waals surface area contributed by atoms with Gasteiger partial charge in [0.1, 0.15) is 0 Å². The van der Waals surface area contributed by atoms with Crippen LogP contribution in [0.1, 0.15) is 33.1 Å². The third kappa shape index (κ3) is 1.63. The zero-order valence-electron chi connectivity index (χ0n) is 8.59. The molecule has 2 aliphatic carbocycles. The van der Waals surface area contributed by atoms with Gasteiger partial charge >= 0.3 is 0 Å². The lowest BCUT2D eigenvalue weighted by Crippen LogP contribution is -2.15. The Morgan fingerprint density at radius 2 is 2.23 bits per heavy atom. The van der Waals surface area contributed by atoms with Gasteiger partial charge in [0.25, 0.3) is 0 Å². The molecule has 0 saturated heterocycles. The Morgan fingerprint density at radius 1 is 1.38 bits per heavy atom. The Morgan fingerprint density at radius 3 is 3.00 bits per heavy atom. The summed E-state index contributed by atoms with van der Waals surface area (Å²) in [6.07, 6.45) is 13.2. The molecule has 0 heteroatoms. The van der Waals surface area contributed by atoms with Crippen LogP contribution in [0.3, 0.4) is 0 Å². The van der Waals surface area contributed by atoms with Crippen molar-refractivity contribution >= 4 is 0 Å². The highest BCUT2D eigenvalue weighted by atomic mass is 14.3. The second kappa shape index (κ2) is 3.53. The monoisotopic (exact) mass is 174 g/mol. The molecule has 0 amide bonds. The summed E-state index contributed by atoms with van der Waals surface area (Å²) in [6, 6.07) is 0. The highest BCUT2D eigenvalue weighted by Gasteiger charge is 2.23. The van der Waals surface area contributed by atoms with Crippen molar-refractivity contribution in [1.29, 1.82) is 0 Å². The number of hydrogen-bond acceptors (Lipinski definition) is 0. The summed E-state index contributed by atoms with van der Waals surface area (Å²) in [5.41, 5.74) is 3.20. The summed E-state index contributed by atoms with van der Waals surface area (Å²) in [5.74, 6) is 1.45. The van der Waals surface area contributed by atoms with E-state index in [4.69, 9.17) is 0 Å². The maximum atomic E-state index is 2.42. The van der Waals surface area contributed by atoms with E-state index in [1.807, 2.05) is 0 Å². The van der Waals surface area contributed by atoms with E-state index in [1.54, 1.807) is 11.1 Å². The molecule has 2 rings (SSSR count). The Kier molecular flexibility index (Phi) is 2.39. The molecule has 0 fully saturated rings. The van der Waals surface area contributed by atoms with Gasteiger partial charge in [0.15, 0.2) is 0 Å². The first-order valence-corrected chi connectivity index (χ1v) is 5.37. The first kappa shape index (κ1) is 8.80. The first-order chi connectivity index (χ1) is 6.29. The van der Waals surface area contributed by atoms with Crippen LogP contribution in [-0.2, 0) is 0 Å². The van der Waals surface area contributed by atoms with Crippen LogP contribution in [0.4, 0.5) is 0 Å². The molecule has 0 radical (unpaired) electrons. The van der Waals surface area contributed by atoms with Crippen molar-refractivity contribution in [3.63, 3.8) is 0 Å². The fourth-order valence-corrected chi connectivity index (χ4v) is 2.42. The molecule has 0 N–H and O–H groups in total. The van der Waals surface area contributed by atoms with E-state index in [9.17, 15) is 0 Å². The van der Waals surface area contributed by atoms with Crippen molar-refractivity contribution in [2.75, 3.05) is 0 Å². The minimum atomic E-state index is 0.705. The Balaban J connectivity index is 2.29. The summed E-state index contributed by atoms with van der Waals surface area (Å²) in [7, 11) is 0.